The third-order valence-corrected chi connectivity index (χ3v) is 2.44. The van der Waals surface area contributed by atoms with E-state index in [-0.39, 0.29) is 18.7 Å². The SMILES string of the molecule is COCCNC(C(=O)OC)c1cc(F)c(F)cc1F. The zero-order valence-corrected chi connectivity index (χ0v) is 10.5. The van der Waals surface area contributed by atoms with Crippen molar-refractivity contribution in [1.29, 1.82) is 0 Å². The van der Waals surface area contributed by atoms with Crippen molar-refractivity contribution in [3.05, 3.63) is 35.1 Å². The van der Waals surface area contributed by atoms with Gasteiger partial charge in [0.1, 0.15) is 11.9 Å². The molecule has 1 N–H and O–H groups in total. The van der Waals surface area contributed by atoms with Gasteiger partial charge in [-0.05, 0) is 6.07 Å². The van der Waals surface area contributed by atoms with Gasteiger partial charge in [0, 0.05) is 25.3 Å². The minimum absolute atomic E-state index is 0.217. The summed E-state index contributed by atoms with van der Waals surface area (Å²) in [6.45, 7) is 0.480. The van der Waals surface area contributed by atoms with Crippen molar-refractivity contribution >= 4 is 5.97 Å². The molecule has 0 heterocycles. The van der Waals surface area contributed by atoms with Crippen LogP contribution in [-0.4, -0.2) is 33.3 Å². The molecule has 0 spiro atoms. The maximum Gasteiger partial charge on any atom is 0.327 e. The van der Waals surface area contributed by atoms with Crippen LogP contribution in [0.25, 0.3) is 0 Å². The highest BCUT2D eigenvalue weighted by Gasteiger charge is 2.25. The summed E-state index contributed by atoms with van der Waals surface area (Å²) < 4.78 is 48.8. The van der Waals surface area contributed by atoms with Crippen molar-refractivity contribution in [2.45, 2.75) is 6.04 Å². The Balaban J connectivity index is 3.03. The second kappa shape index (κ2) is 7.10. The van der Waals surface area contributed by atoms with Gasteiger partial charge in [-0.15, -0.1) is 0 Å². The molecule has 0 aliphatic rings. The fraction of sp³-hybridized carbons (Fsp3) is 0.417. The van der Waals surface area contributed by atoms with E-state index in [0.717, 1.165) is 7.11 Å². The summed E-state index contributed by atoms with van der Waals surface area (Å²) in [5, 5.41) is 2.65. The van der Waals surface area contributed by atoms with Gasteiger partial charge in [0.15, 0.2) is 11.6 Å². The predicted octanol–water partition coefficient (Wildman–Crippen LogP) is 1.55. The first-order valence-electron chi connectivity index (χ1n) is 5.45. The summed E-state index contributed by atoms with van der Waals surface area (Å²) >= 11 is 0. The molecule has 0 aliphatic heterocycles. The molecule has 19 heavy (non-hydrogen) atoms. The summed E-state index contributed by atoms with van der Waals surface area (Å²) in [6.07, 6.45) is 0. The molecule has 1 aromatic carbocycles. The first kappa shape index (κ1) is 15.5. The number of ether oxygens (including phenoxy) is 2. The van der Waals surface area contributed by atoms with Crippen LogP contribution in [-0.2, 0) is 14.3 Å². The van der Waals surface area contributed by atoms with E-state index in [1.165, 1.54) is 7.11 Å². The molecular weight excluding hydrogens is 263 g/mol. The number of nitrogens with one attached hydrogen (secondary N) is 1. The number of rotatable bonds is 6. The van der Waals surface area contributed by atoms with E-state index in [1.807, 2.05) is 0 Å². The monoisotopic (exact) mass is 277 g/mol. The average molecular weight is 277 g/mol. The second-order valence-electron chi connectivity index (χ2n) is 3.69. The van der Waals surface area contributed by atoms with Crippen molar-refractivity contribution < 1.29 is 27.4 Å². The van der Waals surface area contributed by atoms with Crippen LogP contribution in [0, 0.1) is 17.5 Å². The molecule has 0 amide bonds. The number of carbonyl (C=O) groups excluding carboxylic acids is 1. The Morgan fingerprint density at radius 3 is 2.42 bits per heavy atom. The molecule has 1 rings (SSSR count). The summed E-state index contributed by atoms with van der Waals surface area (Å²) in [4.78, 5) is 11.5. The van der Waals surface area contributed by atoms with Crippen LogP contribution in [0.1, 0.15) is 11.6 Å². The van der Waals surface area contributed by atoms with E-state index in [9.17, 15) is 18.0 Å². The largest absolute Gasteiger partial charge is 0.468 e. The zero-order chi connectivity index (χ0) is 14.4. The number of esters is 1. The van der Waals surface area contributed by atoms with E-state index < -0.39 is 29.5 Å². The van der Waals surface area contributed by atoms with Gasteiger partial charge >= 0.3 is 5.97 Å². The lowest BCUT2D eigenvalue weighted by Gasteiger charge is -2.17. The van der Waals surface area contributed by atoms with E-state index in [2.05, 4.69) is 10.1 Å². The molecule has 0 aromatic heterocycles. The van der Waals surface area contributed by atoms with E-state index in [1.54, 1.807) is 0 Å². The van der Waals surface area contributed by atoms with E-state index in [0.29, 0.717) is 12.1 Å². The number of benzene rings is 1. The van der Waals surface area contributed by atoms with Crippen LogP contribution in [0.4, 0.5) is 13.2 Å². The minimum atomic E-state index is -1.32. The molecule has 0 saturated heterocycles. The minimum Gasteiger partial charge on any atom is -0.468 e. The highest BCUT2D eigenvalue weighted by Crippen LogP contribution is 2.21. The molecule has 1 unspecified atom stereocenters. The number of carbonyl (C=O) groups is 1. The molecule has 0 saturated carbocycles. The maximum absolute atomic E-state index is 13.6. The molecule has 0 radical (unpaired) electrons. The van der Waals surface area contributed by atoms with E-state index >= 15 is 0 Å². The normalized spacial score (nSPS) is 12.3. The predicted molar refractivity (Wildman–Crippen MR) is 61.0 cm³/mol. The maximum atomic E-state index is 13.6. The van der Waals surface area contributed by atoms with Crippen molar-refractivity contribution in [3.63, 3.8) is 0 Å². The van der Waals surface area contributed by atoms with Crippen molar-refractivity contribution in [2.75, 3.05) is 27.4 Å². The fourth-order valence-electron chi connectivity index (χ4n) is 1.50. The quantitative estimate of drug-likeness (QED) is 0.487. The standard InChI is InChI=1S/C12H14F3NO3/c1-18-4-3-16-11(12(17)19-2)7-5-9(14)10(15)6-8(7)13/h5-6,11,16H,3-4H2,1-2H3. The van der Waals surface area contributed by atoms with Crippen molar-refractivity contribution in [1.82, 2.24) is 5.32 Å². The van der Waals surface area contributed by atoms with Gasteiger partial charge in [0.25, 0.3) is 0 Å². The summed E-state index contributed by atoms with van der Waals surface area (Å²) in [5.74, 6) is -4.39. The Morgan fingerprint density at radius 2 is 1.84 bits per heavy atom. The van der Waals surface area contributed by atoms with Crippen LogP contribution < -0.4 is 5.32 Å². The Bertz CT molecular complexity index is 454. The highest BCUT2D eigenvalue weighted by molar-refractivity contribution is 5.77. The topological polar surface area (TPSA) is 47.6 Å². The lowest BCUT2D eigenvalue weighted by molar-refractivity contribution is -0.143. The Kier molecular flexibility index (Phi) is 5.78. The fourth-order valence-corrected chi connectivity index (χ4v) is 1.50. The van der Waals surface area contributed by atoms with Gasteiger partial charge in [0.05, 0.1) is 13.7 Å². The Labute approximate surface area is 108 Å². The van der Waals surface area contributed by atoms with Crippen LogP contribution >= 0.6 is 0 Å². The molecule has 106 valence electrons. The van der Waals surface area contributed by atoms with Gasteiger partial charge in [-0.25, -0.2) is 18.0 Å². The summed E-state index contributed by atoms with van der Waals surface area (Å²) in [7, 11) is 2.57. The molecule has 0 aliphatic carbocycles. The first-order chi connectivity index (χ1) is 9.01. The Hall–Kier alpha value is -1.60. The van der Waals surface area contributed by atoms with Crippen LogP contribution in [0.3, 0.4) is 0 Å². The molecule has 1 aromatic rings. The molecule has 0 bridgehead atoms. The van der Waals surface area contributed by atoms with Gasteiger partial charge in [0.2, 0.25) is 0 Å². The van der Waals surface area contributed by atoms with Gasteiger partial charge < -0.3 is 9.47 Å². The lowest BCUT2D eigenvalue weighted by atomic mass is 10.1. The molecule has 0 fully saturated rings. The number of hydrogen-bond donors (Lipinski definition) is 1. The van der Waals surface area contributed by atoms with E-state index in [4.69, 9.17) is 4.74 Å². The van der Waals surface area contributed by atoms with Gasteiger partial charge in [-0.2, -0.15) is 0 Å². The van der Waals surface area contributed by atoms with Crippen LogP contribution in [0.5, 0.6) is 0 Å². The zero-order valence-electron chi connectivity index (χ0n) is 10.5. The number of halogens is 3. The highest BCUT2D eigenvalue weighted by atomic mass is 19.2. The van der Waals surface area contributed by atoms with Crippen molar-refractivity contribution in [2.24, 2.45) is 0 Å². The molecular formula is C12H14F3NO3. The van der Waals surface area contributed by atoms with Crippen LogP contribution in [0.2, 0.25) is 0 Å². The van der Waals surface area contributed by atoms with Gasteiger partial charge in [-0.1, -0.05) is 0 Å². The number of methoxy groups -OCH3 is 2. The number of hydrogen-bond acceptors (Lipinski definition) is 4. The average Bonchev–Trinajstić information content (AvgIpc) is 2.39. The van der Waals surface area contributed by atoms with Crippen molar-refractivity contribution in [3.8, 4) is 0 Å². The molecule has 7 heteroatoms. The third-order valence-electron chi connectivity index (χ3n) is 2.44. The molecule has 1 atom stereocenters. The Morgan fingerprint density at radius 1 is 1.21 bits per heavy atom. The molecule has 4 nitrogen and oxygen atoms in total. The van der Waals surface area contributed by atoms with Crippen LogP contribution in [0.15, 0.2) is 12.1 Å². The lowest BCUT2D eigenvalue weighted by Crippen LogP contribution is -2.32. The summed E-state index contributed by atoms with van der Waals surface area (Å²) in [6, 6.07) is -0.208. The summed E-state index contributed by atoms with van der Waals surface area (Å²) in [5.41, 5.74) is -0.318. The first-order valence-corrected chi connectivity index (χ1v) is 5.45. The second-order valence-corrected chi connectivity index (χ2v) is 3.69. The third kappa shape index (κ3) is 3.93. The smallest absolute Gasteiger partial charge is 0.327 e. The van der Waals surface area contributed by atoms with Gasteiger partial charge in [-0.3, -0.25) is 5.32 Å².